The quantitative estimate of drug-likeness (QED) is 0.476. The zero-order chi connectivity index (χ0) is 23.5. The van der Waals surface area contributed by atoms with Crippen molar-refractivity contribution in [2.45, 2.75) is 19.4 Å². The molecule has 32 heavy (non-hydrogen) atoms. The third kappa shape index (κ3) is 4.50. The molecular formula is C19H17F3N6O3S. The number of rotatable bonds is 7. The minimum absolute atomic E-state index is 0.0744. The highest BCUT2D eigenvalue weighted by atomic mass is 32.2. The number of alkyl halides is 3. The minimum Gasteiger partial charge on any atom is -0.372 e. The second-order valence-corrected chi connectivity index (χ2v) is 8.10. The Hall–Kier alpha value is -3.66. The maximum atomic E-state index is 12.9. The first-order valence-electron chi connectivity index (χ1n) is 9.29. The molecule has 9 nitrogen and oxygen atoms in total. The number of anilines is 2. The number of halogens is 3. The van der Waals surface area contributed by atoms with Crippen molar-refractivity contribution in [3.05, 3.63) is 42.0 Å². The Labute approximate surface area is 181 Å². The van der Waals surface area contributed by atoms with Crippen LogP contribution in [0, 0.1) is 11.3 Å². The van der Waals surface area contributed by atoms with Crippen LogP contribution >= 0.6 is 0 Å². The van der Waals surface area contributed by atoms with E-state index in [9.17, 15) is 26.9 Å². The van der Waals surface area contributed by atoms with Crippen LogP contribution in [0.3, 0.4) is 0 Å². The molecule has 0 radical (unpaired) electrons. The van der Waals surface area contributed by atoms with Crippen LogP contribution in [0.1, 0.15) is 19.4 Å². The fraction of sp³-hybridized carbons (Fsp3) is 0.263. The summed E-state index contributed by atoms with van der Waals surface area (Å²) >= 11 is 0. The van der Waals surface area contributed by atoms with Gasteiger partial charge in [-0.3, -0.25) is 4.72 Å². The molecule has 0 aliphatic rings. The fourth-order valence-corrected chi connectivity index (χ4v) is 3.49. The van der Waals surface area contributed by atoms with E-state index < -0.39 is 21.2 Å². The van der Waals surface area contributed by atoms with Crippen LogP contribution in [0.2, 0.25) is 0 Å². The second kappa shape index (κ2) is 8.83. The number of nitriles is 1. The molecule has 0 aliphatic heterocycles. The van der Waals surface area contributed by atoms with Gasteiger partial charge in [-0.15, -0.1) is 10.2 Å². The molecule has 3 rings (SSSR count). The summed E-state index contributed by atoms with van der Waals surface area (Å²) in [5, 5.41) is 21.0. The van der Waals surface area contributed by atoms with E-state index in [0.717, 1.165) is 0 Å². The molecule has 0 aliphatic carbocycles. The van der Waals surface area contributed by atoms with Gasteiger partial charge in [-0.1, -0.05) is 11.2 Å². The van der Waals surface area contributed by atoms with Crippen molar-refractivity contribution in [1.29, 1.82) is 5.26 Å². The molecule has 0 unspecified atom stereocenters. The van der Waals surface area contributed by atoms with Gasteiger partial charge >= 0.3 is 15.5 Å². The van der Waals surface area contributed by atoms with Gasteiger partial charge in [-0.25, -0.2) is 0 Å². The number of hydrogen-bond donors (Lipinski definition) is 1. The molecule has 168 valence electrons. The number of benzene rings is 2. The fourth-order valence-electron chi connectivity index (χ4n) is 2.92. The van der Waals surface area contributed by atoms with E-state index in [1.54, 1.807) is 18.2 Å². The van der Waals surface area contributed by atoms with Crippen LogP contribution in [0.5, 0.6) is 0 Å². The number of azo groups is 1. The minimum atomic E-state index is -5.69. The van der Waals surface area contributed by atoms with Gasteiger partial charge in [0, 0.05) is 18.8 Å². The van der Waals surface area contributed by atoms with E-state index in [-0.39, 0.29) is 28.0 Å². The van der Waals surface area contributed by atoms with Crippen molar-refractivity contribution in [1.82, 2.24) is 5.16 Å². The van der Waals surface area contributed by atoms with Crippen molar-refractivity contribution < 1.29 is 26.1 Å². The standard InChI is InChI=1S/C19H17F3N6O3S/c1-3-28(4-2)13-8-9-14(15(10-13)27-32(29,30)19(20,21)22)24-25-18-17-12(11-23)6-5-7-16(17)31-26-18/h5-10,27H,3-4H2,1-2H3. The first kappa shape index (κ1) is 23.0. The Balaban J connectivity index is 2.09. The summed E-state index contributed by atoms with van der Waals surface area (Å²) in [6.07, 6.45) is 0. The third-order valence-electron chi connectivity index (χ3n) is 4.51. The Morgan fingerprint density at radius 2 is 1.91 bits per heavy atom. The maximum Gasteiger partial charge on any atom is 0.516 e. The first-order valence-corrected chi connectivity index (χ1v) is 10.8. The molecule has 0 saturated heterocycles. The molecule has 1 N–H and O–H groups in total. The number of hydrogen-bond acceptors (Lipinski definition) is 8. The number of nitrogens with zero attached hydrogens (tertiary/aromatic N) is 5. The average Bonchev–Trinajstić information content (AvgIpc) is 3.16. The summed E-state index contributed by atoms with van der Waals surface area (Å²) in [5.74, 6) is -0.0744. The molecule has 1 heterocycles. The Kier molecular flexibility index (Phi) is 6.35. The lowest BCUT2D eigenvalue weighted by Crippen LogP contribution is -2.30. The number of nitrogens with one attached hydrogen (secondary N) is 1. The SMILES string of the molecule is CCN(CC)c1ccc(N=Nc2noc3cccc(C#N)c23)c(NS(=O)(=O)C(F)(F)F)c1. The summed E-state index contributed by atoms with van der Waals surface area (Å²) in [6.45, 7) is 4.79. The average molecular weight is 466 g/mol. The highest BCUT2D eigenvalue weighted by Crippen LogP contribution is 2.36. The van der Waals surface area contributed by atoms with Crippen molar-refractivity contribution >= 4 is 43.9 Å². The number of aromatic nitrogens is 1. The largest absolute Gasteiger partial charge is 0.516 e. The van der Waals surface area contributed by atoms with Crippen LogP contribution < -0.4 is 9.62 Å². The van der Waals surface area contributed by atoms with Crippen LogP contribution in [0.4, 0.5) is 36.1 Å². The van der Waals surface area contributed by atoms with E-state index in [1.165, 1.54) is 22.9 Å². The summed E-state index contributed by atoms with van der Waals surface area (Å²) in [5.41, 5.74) is -5.13. The predicted octanol–water partition coefficient (Wildman–Crippen LogP) is 5.22. The number of fused-ring (bicyclic) bond motifs is 1. The van der Waals surface area contributed by atoms with Crippen molar-refractivity contribution in [2.75, 3.05) is 22.7 Å². The molecule has 13 heteroatoms. The first-order chi connectivity index (χ1) is 15.1. The molecule has 3 aromatic rings. The predicted molar refractivity (Wildman–Crippen MR) is 112 cm³/mol. The molecule has 2 aromatic carbocycles. The molecule has 0 bridgehead atoms. The molecule has 0 amide bonds. The Bertz CT molecular complexity index is 1310. The molecule has 0 atom stereocenters. The molecule has 1 aromatic heterocycles. The van der Waals surface area contributed by atoms with E-state index in [2.05, 4.69) is 15.4 Å². The van der Waals surface area contributed by atoms with E-state index in [4.69, 9.17) is 4.52 Å². The van der Waals surface area contributed by atoms with Crippen molar-refractivity contribution in [3.63, 3.8) is 0 Å². The smallest absolute Gasteiger partial charge is 0.372 e. The van der Waals surface area contributed by atoms with Gasteiger partial charge in [0.2, 0.25) is 5.82 Å². The van der Waals surface area contributed by atoms with Crippen LogP contribution in [0.15, 0.2) is 51.1 Å². The third-order valence-corrected chi connectivity index (χ3v) is 5.61. The van der Waals surface area contributed by atoms with Gasteiger partial charge in [0.25, 0.3) is 0 Å². The Morgan fingerprint density at radius 3 is 2.53 bits per heavy atom. The van der Waals surface area contributed by atoms with Crippen molar-refractivity contribution in [3.8, 4) is 6.07 Å². The van der Waals surface area contributed by atoms with Gasteiger partial charge in [-0.2, -0.15) is 26.9 Å². The zero-order valence-electron chi connectivity index (χ0n) is 16.9. The lowest BCUT2D eigenvalue weighted by atomic mass is 10.1. The van der Waals surface area contributed by atoms with Crippen molar-refractivity contribution in [2.24, 2.45) is 10.2 Å². The molecule has 0 spiro atoms. The second-order valence-electron chi connectivity index (χ2n) is 6.42. The normalized spacial score (nSPS) is 12.2. The molecule has 0 saturated carbocycles. The van der Waals surface area contributed by atoms with E-state index in [1.807, 2.05) is 24.8 Å². The van der Waals surface area contributed by atoms with Crippen LogP contribution in [0.25, 0.3) is 11.0 Å². The summed E-state index contributed by atoms with van der Waals surface area (Å²) in [4.78, 5) is 1.82. The number of sulfonamides is 1. The van der Waals surface area contributed by atoms with Crippen LogP contribution in [-0.2, 0) is 10.0 Å². The summed E-state index contributed by atoms with van der Waals surface area (Å²) in [7, 11) is -5.69. The van der Waals surface area contributed by atoms with E-state index >= 15 is 0 Å². The van der Waals surface area contributed by atoms with Gasteiger partial charge in [-0.05, 0) is 44.2 Å². The summed E-state index contributed by atoms with van der Waals surface area (Å²) in [6, 6.07) is 10.8. The van der Waals surface area contributed by atoms with Gasteiger partial charge in [0.15, 0.2) is 5.58 Å². The highest BCUT2D eigenvalue weighted by Gasteiger charge is 2.46. The molecule has 0 fully saturated rings. The highest BCUT2D eigenvalue weighted by molar-refractivity contribution is 7.93. The zero-order valence-corrected chi connectivity index (χ0v) is 17.7. The van der Waals surface area contributed by atoms with E-state index in [0.29, 0.717) is 18.8 Å². The van der Waals surface area contributed by atoms with Gasteiger partial charge in [0.05, 0.1) is 16.6 Å². The summed E-state index contributed by atoms with van der Waals surface area (Å²) < 4.78 is 68.8. The maximum absolute atomic E-state index is 12.9. The Morgan fingerprint density at radius 1 is 1.19 bits per heavy atom. The van der Waals surface area contributed by atoms with Crippen LogP contribution in [-0.4, -0.2) is 32.2 Å². The van der Waals surface area contributed by atoms with Gasteiger partial charge in [0.1, 0.15) is 11.8 Å². The topological polar surface area (TPSA) is 124 Å². The lowest BCUT2D eigenvalue weighted by Gasteiger charge is -2.22. The monoisotopic (exact) mass is 466 g/mol. The lowest BCUT2D eigenvalue weighted by molar-refractivity contribution is -0.0429. The molecular weight excluding hydrogens is 449 g/mol. The van der Waals surface area contributed by atoms with Gasteiger partial charge < -0.3 is 9.42 Å².